The second kappa shape index (κ2) is 5.93. The number of carbonyl (C=O) groups excluding carboxylic acids is 3. The quantitative estimate of drug-likeness (QED) is 0.768. The predicted octanol–water partition coefficient (Wildman–Crippen LogP) is 1.97. The van der Waals surface area contributed by atoms with E-state index in [9.17, 15) is 19.2 Å². The fourth-order valence-electron chi connectivity index (χ4n) is 2.28. The number of rotatable bonds is 4. The van der Waals surface area contributed by atoms with Crippen LogP contribution >= 0.6 is 15.9 Å². The number of nitrogens with one attached hydrogen (secondary N) is 1. The van der Waals surface area contributed by atoms with Gasteiger partial charge in [0, 0.05) is 5.69 Å². The van der Waals surface area contributed by atoms with Crippen molar-refractivity contribution in [3.8, 4) is 0 Å². The Balaban J connectivity index is 1.84. The number of anilines is 1. The van der Waals surface area contributed by atoms with Crippen molar-refractivity contribution in [2.24, 2.45) is 0 Å². The number of fused-ring (bicyclic) bond motifs is 1. The SMILES string of the molecule is O=C(O)CN1C(=O)c2ccc(NC(=O)c3ccc(Br)o3)cc2C1=O. The third-order valence-electron chi connectivity index (χ3n) is 3.32. The summed E-state index contributed by atoms with van der Waals surface area (Å²) in [6, 6.07) is 7.17. The third kappa shape index (κ3) is 2.81. The van der Waals surface area contributed by atoms with Gasteiger partial charge in [-0.25, -0.2) is 0 Å². The maximum Gasteiger partial charge on any atom is 0.323 e. The molecule has 2 heterocycles. The van der Waals surface area contributed by atoms with Crippen molar-refractivity contribution in [1.29, 1.82) is 0 Å². The van der Waals surface area contributed by atoms with E-state index in [1.165, 1.54) is 24.3 Å². The smallest absolute Gasteiger partial charge is 0.323 e. The van der Waals surface area contributed by atoms with Crippen LogP contribution in [0.5, 0.6) is 0 Å². The van der Waals surface area contributed by atoms with E-state index in [2.05, 4.69) is 21.2 Å². The summed E-state index contributed by atoms with van der Waals surface area (Å²) in [6.45, 7) is -0.714. The van der Waals surface area contributed by atoms with E-state index in [0.717, 1.165) is 0 Å². The molecule has 0 fully saturated rings. The highest BCUT2D eigenvalue weighted by molar-refractivity contribution is 9.10. The van der Waals surface area contributed by atoms with Gasteiger partial charge in [-0.1, -0.05) is 0 Å². The van der Waals surface area contributed by atoms with Crippen molar-refractivity contribution < 1.29 is 28.7 Å². The van der Waals surface area contributed by atoms with Crippen LogP contribution in [0, 0.1) is 0 Å². The van der Waals surface area contributed by atoms with E-state index in [-0.39, 0.29) is 22.6 Å². The van der Waals surface area contributed by atoms with Crippen molar-refractivity contribution in [2.75, 3.05) is 11.9 Å². The van der Waals surface area contributed by atoms with Crippen LogP contribution in [0.4, 0.5) is 5.69 Å². The molecule has 0 spiro atoms. The Morgan fingerprint density at radius 2 is 1.83 bits per heavy atom. The summed E-state index contributed by atoms with van der Waals surface area (Å²) in [4.78, 5) is 47.6. The van der Waals surface area contributed by atoms with E-state index >= 15 is 0 Å². The molecule has 122 valence electrons. The summed E-state index contributed by atoms with van der Waals surface area (Å²) in [5.74, 6) is -3.14. The topological polar surface area (TPSA) is 117 Å². The Labute approximate surface area is 143 Å². The molecule has 0 atom stereocenters. The van der Waals surface area contributed by atoms with Gasteiger partial charge in [-0.2, -0.15) is 0 Å². The molecule has 0 saturated carbocycles. The molecule has 2 N–H and O–H groups in total. The number of carboxylic acid groups (broad SMARTS) is 1. The maximum atomic E-state index is 12.2. The summed E-state index contributed by atoms with van der Waals surface area (Å²) in [7, 11) is 0. The molecule has 8 nitrogen and oxygen atoms in total. The second-order valence-corrected chi connectivity index (χ2v) is 5.69. The zero-order chi connectivity index (χ0) is 17.4. The van der Waals surface area contributed by atoms with Crippen LogP contribution in [0.15, 0.2) is 39.4 Å². The zero-order valence-electron chi connectivity index (χ0n) is 11.9. The van der Waals surface area contributed by atoms with Crippen molar-refractivity contribution in [2.45, 2.75) is 0 Å². The van der Waals surface area contributed by atoms with Crippen LogP contribution in [0.3, 0.4) is 0 Å². The number of nitrogens with zero attached hydrogens (tertiary/aromatic N) is 1. The first kappa shape index (κ1) is 15.9. The molecule has 3 amide bonds. The number of carbonyl (C=O) groups is 4. The number of benzene rings is 1. The summed E-state index contributed by atoms with van der Waals surface area (Å²) in [6.07, 6.45) is 0. The van der Waals surface area contributed by atoms with E-state index in [1.807, 2.05) is 0 Å². The monoisotopic (exact) mass is 392 g/mol. The summed E-state index contributed by atoms with van der Waals surface area (Å²) in [5.41, 5.74) is 0.421. The second-order valence-electron chi connectivity index (χ2n) is 4.91. The normalized spacial score (nSPS) is 13.1. The highest BCUT2D eigenvalue weighted by atomic mass is 79.9. The minimum absolute atomic E-state index is 0.0414. The number of hydrogen-bond donors (Lipinski definition) is 2. The number of amides is 3. The molecule has 1 aliphatic heterocycles. The molecule has 1 aromatic carbocycles. The average Bonchev–Trinajstić information content (AvgIpc) is 3.05. The number of hydrogen-bond acceptors (Lipinski definition) is 5. The molecule has 1 aromatic heterocycles. The highest BCUT2D eigenvalue weighted by Gasteiger charge is 2.36. The number of carboxylic acids is 1. The van der Waals surface area contributed by atoms with Crippen LogP contribution in [0.1, 0.15) is 31.3 Å². The third-order valence-corrected chi connectivity index (χ3v) is 3.75. The molecule has 3 rings (SSSR count). The highest BCUT2D eigenvalue weighted by Crippen LogP contribution is 2.26. The van der Waals surface area contributed by atoms with Gasteiger partial charge in [-0.05, 0) is 46.3 Å². The Morgan fingerprint density at radius 3 is 2.46 bits per heavy atom. The van der Waals surface area contributed by atoms with E-state index in [1.54, 1.807) is 6.07 Å². The zero-order valence-corrected chi connectivity index (χ0v) is 13.5. The van der Waals surface area contributed by atoms with Crippen molar-refractivity contribution >= 4 is 45.3 Å². The van der Waals surface area contributed by atoms with Crippen molar-refractivity contribution in [3.63, 3.8) is 0 Å². The van der Waals surface area contributed by atoms with Gasteiger partial charge in [0.05, 0.1) is 11.1 Å². The van der Waals surface area contributed by atoms with E-state index in [4.69, 9.17) is 9.52 Å². The molecule has 0 aliphatic carbocycles. The fraction of sp³-hybridized carbons (Fsp3) is 0.0667. The lowest BCUT2D eigenvalue weighted by Crippen LogP contribution is -2.34. The number of imide groups is 1. The lowest BCUT2D eigenvalue weighted by Gasteiger charge is -2.09. The predicted molar refractivity (Wildman–Crippen MR) is 83.8 cm³/mol. The number of halogens is 1. The van der Waals surface area contributed by atoms with Gasteiger partial charge in [-0.3, -0.25) is 24.1 Å². The first-order chi connectivity index (χ1) is 11.4. The van der Waals surface area contributed by atoms with Gasteiger partial charge in [0.25, 0.3) is 17.7 Å². The number of furan rings is 1. The Hall–Kier alpha value is -2.94. The van der Waals surface area contributed by atoms with Gasteiger partial charge < -0.3 is 14.8 Å². The van der Waals surface area contributed by atoms with Gasteiger partial charge in [-0.15, -0.1) is 0 Å². The standard InChI is InChI=1S/C15H9BrN2O6/c16-11-4-3-10(24-11)13(21)17-7-1-2-8-9(5-7)15(23)18(14(8)22)6-12(19)20/h1-5H,6H2,(H,17,21)(H,19,20). The molecule has 0 bridgehead atoms. The van der Waals surface area contributed by atoms with E-state index < -0.39 is 30.2 Å². The first-order valence-corrected chi connectivity index (χ1v) is 7.45. The average molecular weight is 393 g/mol. The summed E-state index contributed by atoms with van der Waals surface area (Å²) < 4.78 is 5.51. The van der Waals surface area contributed by atoms with E-state index in [0.29, 0.717) is 9.57 Å². The maximum absolute atomic E-state index is 12.2. The molecule has 0 unspecified atom stereocenters. The van der Waals surface area contributed by atoms with Crippen LogP contribution in [-0.4, -0.2) is 40.2 Å². The van der Waals surface area contributed by atoms with Gasteiger partial charge >= 0.3 is 5.97 Å². The van der Waals surface area contributed by atoms with Crippen molar-refractivity contribution in [1.82, 2.24) is 4.90 Å². The largest absolute Gasteiger partial charge is 0.480 e. The molecule has 0 saturated heterocycles. The lowest BCUT2D eigenvalue weighted by molar-refractivity contribution is -0.137. The molecule has 1 aliphatic rings. The van der Waals surface area contributed by atoms with Gasteiger partial charge in [0.2, 0.25) is 0 Å². The van der Waals surface area contributed by atoms with Crippen LogP contribution < -0.4 is 5.32 Å². The Morgan fingerprint density at radius 1 is 1.12 bits per heavy atom. The minimum atomic E-state index is -1.29. The molecule has 0 radical (unpaired) electrons. The lowest BCUT2D eigenvalue weighted by atomic mass is 10.1. The van der Waals surface area contributed by atoms with Crippen LogP contribution in [0.25, 0.3) is 0 Å². The molecular formula is C15H9BrN2O6. The van der Waals surface area contributed by atoms with Crippen LogP contribution in [-0.2, 0) is 4.79 Å². The Bertz CT molecular complexity index is 888. The minimum Gasteiger partial charge on any atom is -0.480 e. The first-order valence-electron chi connectivity index (χ1n) is 6.65. The fourth-order valence-corrected chi connectivity index (χ4v) is 2.58. The van der Waals surface area contributed by atoms with Crippen LogP contribution in [0.2, 0.25) is 0 Å². The summed E-state index contributed by atoms with van der Waals surface area (Å²) in [5, 5.41) is 11.3. The molecular weight excluding hydrogens is 384 g/mol. The molecule has 2 aromatic rings. The number of aliphatic carboxylic acids is 1. The molecule has 9 heteroatoms. The van der Waals surface area contributed by atoms with Gasteiger partial charge in [0.1, 0.15) is 6.54 Å². The summed E-state index contributed by atoms with van der Waals surface area (Å²) >= 11 is 3.08. The van der Waals surface area contributed by atoms with Crippen molar-refractivity contribution in [3.05, 3.63) is 51.9 Å². The Kier molecular flexibility index (Phi) is 3.94. The van der Waals surface area contributed by atoms with Gasteiger partial charge in [0.15, 0.2) is 10.4 Å². The molecule has 24 heavy (non-hydrogen) atoms.